The van der Waals surface area contributed by atoms with Gasteiger partial charge in [0.05, 0.1) is 20.6 Å². The molecule has 0 unspecified atom stereocenters. The largest absolute Gasteiger partial charge is 0.486 e. The Bertz CT molecular complexity index is 1270. The molecule has 3 aromatic carbocycles. The van der Waals surface area contributed by atoms with E-state index in [1.807, 2.05) is 31.2 Å². The minimum Gasteiger partial charge on any atom is -0.486 e. The highest BCUT2D eigenvalue weighted by molar-refractivity contribution is 8.18. The molecule has 0 radical (unpaired) electrons. The minimum absolute atomic E-state index is 0.111. The molecule has 35 heavy (non-hydrogen) atoms. The zero-order valence-electron chi connectivity index (χ0n) is 18.6. The second kappa shape index (κ2) is 11.7. The SMILES string of the molecule is CCCN1C(=O)/C(=C/c2cc(Cl)c(OCc3ccc(Cl)cc3)c(Cl)c2)SC1=Nc1ccc(Cl)cc1. The molecule has 0 N–H and O–H groups in total. The number of amidine groups is 1. The molecule has 4 nitrogen and oxygen atoms in total. The van der Waals surface area contributed by atoms with E-state index in [-0.39, 0.29) is 5.91 Å². The van der Waals surface area contributed by atoms with Gasteiger partial charge in [-0.25, -0.2) is 4.99 Å². The maximum Gasteiger partial charge on any atom is 0.266 e. The van der Waals surface area contributed by atoms with Gasteiger partial charge in [-0.05, 0) is 83.9 Å². The molecule has 9 heteroatoms. The maximum atomic E-state index is 13.1. The molecular weight excluding hydrogens is 546 g/mol. The Morgan fingerprint density at radius 3 is 2.14 bits per heavy atom. The molecule has 180 valence electrons. The van der Waals surface area contributed by atoms with Crippen molar-refractivity contribution in [3.63, 3.8) is 0 Å². The van der Waals surface area contributed by atoms with Crippen LogP contribution in [0, 0.1) is 0 Å². The number of hydrogen-bond acceptors (Lipinski definition) is 4. The molecule has 0 aliphatic carbocycles. The summed E-state index contributed by atoms with van der Waals surface area (Å²) in [6.45, 7) is 2.87. The number of aliphatic imine (C=N–C) groups is 1. The Morgan fingerprint density at radius 1 is 0.943 bits per heavy atom. The van der Waals surface area contributed by atoms with Crippen LogP contribution in [0.5, 0.6) is 5.75 Å². The van der Waals surface area contributed by atoms with Gasteiger partial charge in [0.1, 0.15) is 6.61 Å². The van der Waals surface area contributed by atoms with Crippen LogP contribution in [0.15, 0.2) is 70.6 Å². The normalized spacial score (nSPS) is 15.9. The van der Waals surface area contributed by atoms with E-state index in [0.717, 1.165) is 17.7 Å². The molecule has 4 rings (SSSR count). The summed E-state index contributed by atoms with van der Waals surface area (Å²) in [5.74, 6) is 0.272. The maximum absolute atomic E-state index is 13.1. The zero-order valence-corrected chi connectivity index (χ0v) is 22.4. The van der Waals surface area contributed by atoms with Crippen molar-refractivity contribution in [2.45, 2.75) is 20.0 Å². The van der Waals surface area contributed by atoms with Gasteiger partial charge in [-0.2, -0.15) is 0 Å². The van der Waals surface area contributed by atoms with Crippen molar-refractivity contribution in [1.29, 1.82) is 0 Å². The number of amides is 1. The molecule has 0 atom stereocenters. The smallest absolute Gasteiger partial charge is 0.266 e. The van der Waals surface area contributed by atoms with Crippen LogP contribution in [0.1, 0.15) is 24.5 Å². The minimum atomic E-state index is -0.111. The van der Waals surface area contributed by atoms with Gasteiger partial charge in [-0.15, -0.1) is 0 Å². The van der Waals surface area contributed by atoms with Gasteiger partial charge in [-0.3, -0.25) is 9.69 Å². The fourth-order valence-electron chi connectivity index (χ4n) is 3.33. The van der Waals surface area contributed by atoms with E-state index in [2.05, 4.69) is 4.99 Å². The average molecular weight is 566 g/mol. The van der Waals surface area contributed by atoms with E-state index in [4.69, 9.17) is 51.1 Å². The summed E-state index contributed by atoms with van der Waals surface area (Å²) in [5, 5.41) is 2.61. The number of carbonyl (C=O) groups is 1. The van der Waals surface area contributed by atoms with Crippen LogP contribution in [-0.4, -0.2) is 22.5 Å². The standard InChI is InChI=1S/C26H20Cl4N2O2S/c1-2-11-32-25(33)23(35-26(32)31-20-9-7-19(28)8-10-20)14-17-12-21(29)24(22(30)13-17)34-15-16-3-5-18(27)6-4-16/h3-10,12-14H,2,11,15H2,1H3/b23-14-,31-26?. The summed E-state index contributed by atoms with van der Waals surface area (Å²) in [7, 11) is 0. The van der Waals surface area contributed by atoms with Gasteiger partial charge < -0.3 is 4.74 Å². The van der Waals surface area contributed by atoms with Gasteiger partial charge in [0, 0.05) is 16.6 Å². The number of nitrogens with zero attached hydrogens (tertiary/aromatic N) is 2. The molecule has 1 saturated heterocycles. The van der Waals surface area contributed by atoms with Gasteiger partial charge >= 0.3 is 0 Å². The Labute approximate surface area is 228 Å². The number of carbonyl (C=O) groups excluding carboxylic acids is 1. The van der Waals surface area contributed by atoms with Crippen molar-refractivity contribution in [2.24, 2.45) is 4.99 Å². The first kappa shape index (κ1) is 25.9. The lowest BCUT2D eigenvalue weighted by Crippen LogP contribution is -2.29. The number of halogens is 4. The van der Waals surface area contributed by atoms with Crippen LogP contribution in [0.25, 0.3) is 6.08 Å². The number of rotatable bonds is 7. The van der Waals surface area contributed by atoms with Gasteiger partial charge in [0.25, 0.3) is 5.91 Å². The molecular formula is C26H20Cl4N2O2S. The zero-order chi connectivity index (χ0) is 24.9. The summed E-state index contributed by atoms with van der Waals surface area (Å²) in [6, 6.07) is 17.9. The highest BCUT2D eigenvalue weighted by Gasteiger charge is 2.32. The number of benzene rings is 3. The second-order valence-electron chi connectivity index (χ2n) is 7.67. The molecule has 1 aliphatic heterocycles. The molecule has 1 aliphatic rings. The molecule has 3 aromatic rings. The highest BCUT2D eigenvalue weighted by atomic mass is 35.5. The predicted molar refractivity (Wildman–Crippen MR) is 148 cm³/mol. The number of thioether (sulfide) groups is 1. The first-order chi connectivity index (χ1) is 16.8. The monoisotopic (exact) mass is 564 g/mol. The van der Waals surface area contributed by atoms with Crippen LogP contribution < -0.4 is 4.74 Å². The molecule has 1 heterocycles. The van der Waals surface area contributed by atoms with E-state index in [1.54, 1.807) is 47.4 Å². The third-order valence-electron chi connectivity index (χ3n) is 5.00. The van der Waals surface area contributed by atoms with Gasteiger partial charge in [0.2, 0.25) is 0 Å². The summed E-state index contributed by atoms with van der Waals surface area (Å²) in [4.78, 5) is 20.0. The Kier molecular flexibility index (Phi) is 8.68. The molecule has 1 fully saturated rings. The van der Waals surface area contributed by atoms with Crippen molar-refractivity contribution in [2.75, 3.05) is 6.54 Å². The van der Waals surface area contributed by atoms with Crippen LogP contribution in [0.2, 0.25) is 20.1 Å². The molecule has 0 spiro atoms. The number of ether oxygens (including phenoxy) is 1. The molecule has 1 amide bonds. The van der Waals surface area contributed by atoms with Crippen molar-refractivity contribution in [3.8, 4) is 5.75 Å². The quantitative estimate of drug-likeness (QED) is 0.268. The van der Waals surface area contributed by atoms with E-state index < -0.39 is 0 Å². The van der Waals surface area contributed by atoms with Gasteiger partial charge in [-0.1, -0.05) is 65.5 Å². The van der Waals surface area contributed by atoms with Crippen LogP contribution in [-0.2, 0) is 11.4 Å². The second-order valence-corrected chi connectivity index (χ2v) is 10.4. The predicted octanol–water partition coefficient (Wildman–Crippen LogP) is 8.89. The Hall–Kier alpha value is -2.15. The topological polar surface area (TPSA) is 41.9 Å². The molecule has 0 saturated carbocycles. The highest BCUT2D eigenvalue weighted by Crippen LogP contribution is 2.38. The van der Waals surface area contributed by atoms with E-state index >= 15 is 0 Å². The third kappa shape index (κ3) is 6.54. The molecule has 0 bridgehead atoms. The van der Waals surface area contributed by atoms with Crippen LogP contribution in [0.3, 0.4) is 0 Å². The average Bonchev–Trinajstić information content (AvgIpc) is 3.10. The lowest BCUT2D eigenvalue weighted by Gasteiger charge is -2.14. The van der Waals surface area contributed by atoms with Crippen molar-refractivity contribution in [3.05, 3.63) is 96.8 Å². The van der Waals surface area contributed by atoms with Crippen LogP contribution in [0.4, 0.5) is 5.69 Å². The summed E-state index contributed by atoms with van der Waals surface area (Å²) >= 11 is 26.2. The van der Waals surface area contributed by atoms with Crippen molar-refractivity contribution < 1.29 is 9.53 Å². The van der Waals surface area contributed by atoms with E-state index in [9.17, 15) is 4.79 Å². The first-order valence-corrected chi connectivity index (χ1v) is 13.1. The molecule has 0 aromatic heterocycles. The summed E-state index contributed by atoms with van der Waals surface area (Å²) in [5.41, 5.74) is 2.35. The van der Waals surface area contributed by atoms with E-state index in [1.165, 1.54) is 11.8 Å². The fourth-order valence-corrected chi connectivity index (χ4v) is 5.22. The van der Waals surface area contributed by atoms with Crippen molar-refractivity contribution in [1.82, 2.24) is 4.90 Å². The number of hydrogen-bond donors (Lipinski definition) is 0. The summed E-state index contributed by atoms with van der Waals surface area (Å²) < 4.78 is 5.84. The van der Waals surface area contributed by atoms with E-state index in [0.29, 0.717) is 54.6 Å². The Balaban J connectivity index is 1.56. The lowest BCUT2D eigenvalue weighted by atomic mass is 10.2. The first-order valence-electron chi connectivity index (χ1n) is 10.8. The van der Waals surface area contributed by atoms with Gasteiger partial charge in [0.15, 0.2) is 10.9 Å². The van der Waals surface area contributed by atoms with Crippen LogP contribution >= 0.6 is 58.2 Å². The lowest BCUT2D eigenvalue weighted by molar-refractivity contribution is -0.122. The summed E-state index contributed by atoms with van der Waals surface area (Å²) in [6.07, 6.45) is 2.57. The Morgan fingerprint density at radius 2 is 1.54 bits per heavy atom. The fraction of sp³-hybridized carbons (Fsp3) is 0.154. The van der Waals surface area contributed by atoms with Crippen molar-refractivity contribution >= 4 is 81.0 Å². The third-order valence-corrected chi connectivity index (χ3v) is 7.07.